The number of likely N-dealkylation sites (N-methyl/N-ethyl adjacent to an activating group) is 1. The maximum Gasteiger partial charge on any atom is 0.104 e. The van der Waals surface area contributed by atoms with E-state index in [2.05, 4.69) is 21.1 Å². The molecule has 0 spiro atoms. The summed E-state index contributed by atoms with van der Waals surface area (Å²) < 4.78 is 0.831. The number of aliphatic hydroxyl groups is 1. The van der Waals surface area contributed by atoms with Gasteiger partial charge in [-0.1, -0.05) is 0 Å². The first kappa shape index (κ1) is 23.6. The highest BCUT2D eigenvalue weighted by atomic mass is 16.3. The van der Waals surface area contributed by atoms with E-state index in [1.165, 1.54) is 0 Å². The number of hydrogen-bond acceptors (Lipinski definition) is 5. The number of aliphatic hydroxyl groups excluding tert-OH is 1. The number of carbonyl (C=O) groups is 2. The Balaban J connectivity index is -0.0000000733. The van der Waals surface area contributed by atoms with Crippen molar-refractivity contribution in [2.45, 2.75) is 13.0 Å². The maximum absolute atomic E-state index is 8.87. The van der Waals surface area contributed by atoms with E-state index in [0.717, 1.165) is 11.0 Å². The molecule has 0 aliphatic heterocycles. The number of nitrogens with zero attached hydrogens (tertiary/aromatic N) is 1. The Morgan fingerprint density at radius 1 is 1.20 bits per heavy atom. The third kappa shape index (κ3) is 103. The molecule has 0 aliphatic rings. The van der Waals surface area contributed by atoms with Gasteiger partial charge in [0.2, 0.25) is 0 Å². The molecule has 0 aromatic heterocycles. The normalized spacial score (nSPS) is 10.2. The topological polar surface area (TPSA) is 137 Å². The van der Waals surface area contributed by atoms with Crippen molar-refractivity contribution < 1.29 is 29.4 Å². The molecule has 7 heteroatoms. The summed E-state index contributed by atoms with van der Waals surface area (Å²) in [6.07, 6.45) is -0.185. The SMILES string of the molecule is CC(O)C[N+](C)(C)C.O=C[O-].O=C[O-].[NH4+]. The van der Waals surface area contributed by atoms with Gasteiger partial charge in [0.15, 0.2) is 0 Å². The van der Waals surface area contributed by atoms with Crippen LogP contribution in [0.15, 0.2) is 0 Å². The van der Waals surface area contributed by atoms with E-state index >= 15 is 0 Å². The van der Waals surface area contributed by atoms with Crippen LogP contribution >= 0.6 is 0 Å². The molecule has 0 rings (SSSR count). The molecule has 0 radical (unpaired) electrons. The van der Waals surface area contributed by atoms with Crippen LogP contribution in [0.1, 0.15) is 6.92 Å². The Morgan fingerprint density at radius 3 is 1.40 bits per heavy atom. The van der Waals surface area contributed by atoms with Gasteiger partial charge in [0.05, 0.1) is 21.1 Å². The average Bonchev–Trinajstić information content (AvgIpc) is 1.83. The monoisotopic (exact) mass is 226 g/mol. The number of rotatable bonds is 2. The molecule has 1 atom stereocenters. The fourth-order valence-corrected chi connectivity index (χ4v) is 0.793. The molecule has 7 nitrogen and oxygen atoms in total. The summed E-state index contributed by atoms with van der Waals surface area (Å²) in [6.45, 7) is 1.63. The molecule has 0 bridgehead atoms. The molecule has 0 aromatic carbocycles. The van der Waals surface area contributed by atoms with Crippen LogP contribution in [0.3, 0.4) is 0 Å². The fourth-order valence-electron chi connectivity index (χ4n) is 0.793. The molecule has 0 aromatic rings. The van der Waals surface area contributed by atoms with Gasteiger partial charge in [-0.05, 0) is 6.92 Å². The van der Waals surface area contributed by atoms with Crippen molar-refractivity contribution in [1.82, 2.24) is 6.15 Å². The second-order valence-corrected chi connectivity index (χ2v) is 3.51. The van der Waals surface area contributed by atoms with Crippen LogP contribution in [-0.2, 0) is 9.59 Å². The highest BCUT2D eigenvalue weighted by Crippen LogP contribution is 1.92. The summed E-state index contributed by atoms with van der Waals surface area (Å²) in [4.78, 5) is 16.5. The van der Waals surface area contributed by atoms with Gasteiger partial charge >= 0.3 is 0 Å². The Hall–Kier alpha value is -1.18. The van der Waals surface area contributed by atoms with Gasteiger partial charge in [-0.2, -0.15) is 0 Å². The van der Waals surface area contributed by atoms with E-state index in [1.807, 2.05) is 6.92 Å². The molecule has 5 N–H and O–H groups in total. The lowest BCUT2D eigenvalue weighted by molar-refractivity contribution is -0.873. The van der Waals surface area contributed by atoms with E-state index in [9.17, 15) is 0 Å². The van der Waals surface area contributed by atoms with Gasteiger partial charge in [0.25, 0.3) is 0 Å². The van der Waals surface area contributed by atoms with E-state index in [-0.39, 0.29) is 12.3 Å². The lowest BCUT2D eigenvalue weighted by Crippen LogP contribution is -2.40. The zero-order valence-electron chi connectivity index (χ0n) is 9.97. The molecule has 0 saturated carbocycles. The Labute approximate surface area is 90.1 Å². The summed E-state index contributed by atoms with van der Waals surface area (Å²) in [7, 11) is 6.19. The first-order valence-electron chi connectivity index (χ1n) is 3.84. The number of carbonyl (C=O) groups excluding carboxylic acids is 2. The standard InChI is InChI=1S/C6H16NO.2CH2O2.H3N/c1-6(8)5-7(2,3)4;2*2-1-3;/h6,8H,5H2,1-4H3;2*1H,(H,2,3);1H3/q+1;;;/p-1. The lowest BCUT2D eigenvalue weighted by Gasteiger charge is -2.24. The lowest BCUT2D eigenvalue weighted by atomic mass is 10.3. The van der Waals surface area contributed by atoms with Gasteiger partial charge in [0, 0.05) is 12.9 Å². The minimum absolute atomic E-state index is 0. The largest absolute Gasteiger partial charge is 0.554 e. The van der Waals surface area contributed by atoms with E-state index < -0.39 is 12.9 Å². The van der Waals surface area contributed by atoms with E-state index in [0.29, 0.717) is 0 Å². The van der Waals surface area contributed by atoms with Crippen LogP contribution in [-0.4, -0.2) is 56.3 Å². The highest BCUT2D eigenvalue weighted by molar-refractivity contribution is 5.29. The van der Waals surface area contributed by atoms with Crippen LogP contribution in [0.5, 0.6) is 0 Å². The van der Waals surface area contributed by atoms with Crippen molar-refractivity contribution in [3.8, 4) is 0 Å². The van der Waals surface area contributed by atoms with Crippen LogP contribution in [0, 0.1) is 0 Å². The molecule has 94 valence electrons. The minimum Gasteiger partial charge on any atom is -0.554 e. The maximum atomic E-state index is 8.87. The molecular formula is C8H22N2O5. The molecule has 0 amide bonds. The Morgan fingerprint density at radius 2 is 1.40 bits per heavy atom. The van der Waals surface area contributed by atoms with Crippen molar-refractivity contribution in [3.63, 3.8) is 0 Å². The predicted octanol–water partition coefficient (Wildman–Crippen LogP) is -2.82. The van der Waals surface area contributed by atoms with Gasteiger partial charge in [0.1, 0.15) is 12.6 Å². The van der Waals surface area contributed by atoms with Crippen LogP contribution in [0.2, 0.25) is 0 Å². The van der Waals surface area contributed by atoms with E-state index in [1.54, 1.807) is 0 Å². The number of hydrogen-bond donors (Lipinski definition) is 2. The van der Waals surface area contributed by atoms with Gasteiger partial charge < -0.3 is 35.5 Å². The average molecular weight is 226 g/mol. The van der Waals surface area contributed by atoms with E-state index in [4.69, 9.17) is 24.9 Å². The Kier molecular flexibility index (Phi) is 24.0. The zero-order chi connectivity index (χ0) is 12.2. The van der Waals surface area contributed by atoms with Crippen molar-refractivity contribution in [2.75, 3.05) is 27.7 Å². The summed E-state index contributed by atoms with van der Waals surface area (Å²) >= 11 is 0. The third-order valence-corrected chi connectivity index (χ3v) is 0.812. The zero-order valence-corrected chi connectivity index (χ0v) is 9.97. The van der Waals surface area contributed by atoms with Crippen molar-refractivity contribution >= 4 is 12.9 Å². The summed E-state index contributed by atoms with van der Waals surface area (Å²) in [5, 5.41) is 25.4. The summed E-state index contributed by atoms with van der Waals surface area (Å²) in [6, 6.07) is 0. The first-order chi connectivity index (χ1) is 6.24. The second-order valence-electron chi connectivity index (χ2n) is 3.51. The number of quaternary nitrogens is 2. The van der Waals surface area contributed by atoms with Crippen LogP contribution < -0.4 is 16.4 Å². The summed E-state index contributed by atoms with van der Waals surface area (Å²) in [5.41, 5.74) is 0. The molecular weight excluding hydrogens is 204 g/mol. The Bertz CT molecular complexity index is 127. The second kappa shape index (κ2) is 15.3. The minimum atomic E-state index is -0.500. The molecule has 1 unspecified atom stereocenters. The fraction of sp³-hybridized carbons (Fsp3) is 0.750. The quantitative estimate of drug-likeness (QED) is 0.386. The van der Waals surface area contributed by atoms with Crippen LogP contribution in [0.25, 0.3) is 0 Å². The van der Waals surface area contributed by atoms with Crippen LogP contribution in [0.4, 0.5) is 0 Å². The van der Waals surface area contributed by atoms with Crippen molar-refractivity contribution in [2.24, 2.45) is 0 Å². The van der Waals surface area contributed by atoms with Crippen molar-refractivity contribution in [3.05, 3.63) is 0 Å². The highest BCUT2D eigenvalue weighted by Gasteiger charge is 2.09. The molecule has 0 fully saturated rings. The third-order valence-electron chi connectivity index (χ3n) is 0.812. The first-order valence-corrected chi connectivity index (χ1v) is 3.84. The number of carboxylic acid groups (broad SMARTS) is 2. The molecule has 15 heavy (non-hydrogen) atoms. The smallest absolute Gasteiger partial charge is 0.104 e. The van der Waals surface area contributed by atoms with Gasteiger partial charge in [-0.15, -0.1) is 0 Å². The molecule has 0 heterocycles. The van der Waals surface area contributed by atoms with Gasteiger partial charge in [-0.25, -0.2) is 0 Å². The van der Waals surface area contributed by atoms with Gasteiger partial charge in [-0.3, -0.25) is 0 Å². The van der Waals surface area contributed by atoms with Crippen molar-refractivity contribution in [1.29, 1.82) is 0 Å². The molecule has 0 aliphatic carbocycles. The summed E-state index contributed by atoms with van der Waals surface area (Å²) in [5.74, 6) is 0. The molecule has 0 saturated heterocycles. The predicted molar refractivity (Wildman–Crippen MR) is 52.7 cm³/mol.